The van der Waals surface area contributed by atoms with Gasteiger partial charge in [0.15, 0.2) is 6.61 Å². The summed E-state index contributed by atoms with van der Waals surface area (Å²) in [6, 6.07) is 9.69. The standard InChI is InChI=1S/C20H22N2O7S2/c1-28-20(25)18-16(9-12-30-18)21-17(23)13-29-19(24)14-7-10-22(11-8-14)31(26,27)15-5-3-2-4-6-15/h2-6,9,12,14H,7-8,10-11,13H2,1H3,(H,21,23). The van der Waals surface area contributed by atoms with Crippen molar-refractivity contribution in [1.82, 2.24) is 4.31 Å². The summed E-state index contributed by atoms with van der Waals surface area (Å²) < 4.78 is 36.4. The lowest BCUT2D eigenvalue weighted by Crippen LogP contribution is -2.40. The largest absolute Gasteiger partial charge is 0.465 e. The SMILES string of the molecule is COC(=O)c1sccc1NC(=O)COC(=O)C1CCN(S(=O)(=O)c2ccccc2)CC1. The molecule has 0 saturated carbocycles. The van der Waals surface area contributed by atoms with E-state index in [-0.39, 0.29) is 28.5 Å². The topological polar surface area (TPSA) is 119 Å². The normalized spacial score (nSPS) is 15.3. The van der Waals surface area contributed by atoms with Gasteiger partial charge in [0.05, 0.1) is 23.6 Å². The molecule has 1 aliphatic heterocycles. The van der Waals surface area contributed by atoms with Gasteiger partial charge in [0.2, 0.25) is 10.0 Å². The minimum atomic E-state index is -3.60. The Morgan fingerprint density at radius 1 is 1.13 bits per heavy atom. The van der Waals surface area contributed by atoms with Gasteiger partial charge in [-0.05, 0) is 36.4 Å². The quantitative estimate of drug-likeness (QED) is 0.621. The number of rotatable bonds is 7. The molecule has 0 atom stereocenters. The average Bonchev–Trinajstić information content (AvgIpc) is 3.25. The highest BCUT2D eigenvalue weighted by molar-refractivity contribution is 7.89. The minimum absolute atomic E-state index is 0.195. The molecule has 1 aromatic heterocycles. The van der Waals surface area contributed by atoms with Crippen molar-refractivity contribution in [2.75, 3.05) is 32.1 Å². The smallest absolute Gasteiger partial charge is 0.350 e. The van der Waals surface area contributed by atoms with Gasteiger partial charge in [-0.3, -0.25) is 9.59 Å². The molecule has 1 saturated heterocycles. The van der Waals surface area contributed by atoms with Crippen LogP contribution >= 0.6 is 11.3 Å². The summed E-state index contributed by atoms with van der Waals surface area (Å²) in [5, 5.41) is 4.15. The number of hydrogen-bond acceptors (Lipinski definition) is 8. The molecule has 0 radical (unpaired) electrons. The Morgan fingerprint density at radius 2 is 1.81 bits per heavy atom. The van der Waals surface area contributed by atoms with Crippen molar-refractivity contribution in [3.8, 4) is 0 Å². The number of amides is 1. The van der Waals surface area contributed by atoms with Crippen molar-refractivity contribution in [2.45, 2.75) is 17.7 Å². The fourth-order valence-electron chi connectivity index (χ4n) is 3.17. The van der Waals surface area contributed by atoms with Gasteiger partial charge in [-0.25, -0.2) is 13.2 Å². The second-order valence-electron chi connectivity index (χ2n) is 6.80. The van der Waals surface area contributed by atoms with Crippen molar-refractivity contribution in [3.63, 3.8) is 0 Å². The van der Waals surface area contributed by atoms with E-state index in [1.54, 1.807) is 29.6 Å². The number of sulfonamides is 1. The van der Waals surface area contributed by atoms with Crippen LogP contribution in [0.2, 0.25) is 0 Å². The van der Waals surface area contributed by atoms with Gasteiger partial charge >= 0.3 is 11.9 Å². The summed E-state index contributed by atoms with van der Waals surface area (Å²) in [4.78, 5) is 36.5. The lowest BCUT2D eigenvalue weighted by Gasteiger charge is -2.30. The van der Waals surface area contributed by atoms with Crippen LogP contribution in [0, 0.1) is 5.92 Å². The van der Waals surface area contributed by atoms with E-state index in [2.05, 4.69) is 10.1 Å². The number of methoxy groups -OCH3 is 1. The van der Waals surface area contributed by atoms with Crippen molar-refractivity contribution in [1.29, 1.82) is 0 Å². The molecule has 1 N–H and O–H groups in total. The second-order valence-corrected chi connectivity index (χ2v) is 9.66. The average molecular weight is 467 g/mol. The van der Waals surface area contributed by atoms with Crippen LogP contribution in [0.1, 0.15) is 22.5 Å². The van der Waals surface area contributed by atoms with Crippen LogP contribution in [-0.4, -0.2) is 57.4 Å². The first-order chi connectivity index (χ1) is 14.8. The van der Waals surface area contributed by atoms with E-state index in [0.29, 0.717) is 12.8 Å². The highest BCUT2D eigenvalue weighted by Crippen LogP contribution is 2.25. The Hall–Kier alpha value is -2.76. The second kappa shape index (κ2) is 10.0. The predicted octanol–water partition coefficient (Wildman–Crippen LogP) is 2.12. The Morgan fingerprint density at radius 3 is 2.45 bits per heavy atom. The monoisotopic (exact) mass is 466 g/mol. The molecule has 166 valence electrons. The molecule has 0 unspecified atom stereocenters. The summed E-state index contributed by atoms with van der Waals surface area (Å²) in [5.74, 6) is -2.19. The molecule has 31 heavy (non-hydrogen) atoms. The number of carbonyl (C=O) groups excluding carboxylic acids is 3. The molecular weight excluding hydrogens is 444 g/mol. The van der Waals surface area contributed by atoms with E-state index < -0.39 is 40.4 Å². The van der Waals surface area contributed by atoms with E-state index in [4.69, 9.17) is 4.74 Å². The molecular formula is C20H22N2O7S2. The van der Waals surface area contributed by atoms with Crippen molar-refractivity contribution in [2.24, 2.45) is 5.92 Å². The van der Waals surface area contributed by atoms with Crippen LogP contribution in [0.3, 0.4) is 0 Å². The van der Waals surface area contributed by atoms with Crippen LogP contribution in [0.4, 0.5) is 5.69 Å². The maximum Gasteiger partial charge on any atom is 0.350 e. The van der Waals surface area contributed by atoms with Crippen LogP contribution in [0.15, 0.2) is 46.7 Å². The number of piperidine rings is 1. The van der Waals surface area contributed by atoms with Crippen molar-refractivity contribution >= 4 is 44.9 Å². The Kier molecular flexibility index (Phi) is 7.42. The van der Waals surface area contributed by atoms with E-state index in [0.717, 1.165) is 11.3 Å². The van der Waals surface area contributed by atoms with Gasteiger partial charge in [0.25, 0.3) is 5.91 Å². The number of nitrogens with one attached hydrogen (secondary N) is 1. The van der Waals surface area contributed by atoms with E-state index in [9.17, 15) is 22.8 Å². The lowest BCUT2D eigenvalue weighted by atomic mass is 9.98. The first-order valence-electron chi connectivity index (χ1n) is 9.50. The third-order valence-corrected chi connectivity index (χ3v) is 7.63. The van der Waals surface area contributed by atoms with Crippen LogP contribution in [0.25, 0.3) is 0 Å². The molecule has 1 fully saturated rings. The van der Waals surface area contributed by atoms with E-state index in [1.807, 2.05) is 0 Å². The first kappa shape index (κ1) is 22.9. The summed E-state index contributed by atoms with van der Waals surface area (Å²) in [6.45, 7) is -0.112. The van der Waals surface area contributed by atoms with E-state index >= 15 is 0 Å². The van der Waals surface area contributed by atoms with Crippen LogP contribution in [0.5, 0.6) is 0 Å². The molecule has 11 heteroatoms. The molecule has 3 rings (SSSR count). The van der Waals surface area contributed by atoms with Gasteiger partial charge < -0.3 is 14.8 Å². The van der Waals surface area contributed by atoms with Gasteiger partial charge in [0.1, 0.15) is 4.88 Å². The first-order valence-corrected chi connectivity index (χ1v) is 11.8. The fourth-order valence-corrected chi connectivity index (χ4v) is 5.43. The molecule has 0 bridgehead atoms. The zero-order valence-corrected chi connectivity index (χ0v) is 18.4. The Bertz CT molecular complexity index is 1040. The zero-order chi connectivity index (χ0) is 22.4. The van der Waals surface area contributed by atoms with Crippen molar-refractivity contribution in [3.05, 3.63) is 46.7 Å². The number of benzene rings is 1. The van der Waals surface area contributed by atoms with E-state index in [1.165, 1.54) is 23.5 Å². The number of thiophene rings is 1. The van der Waals surface area contributed by atoms with Crippen molar-refractivity contribution < 1.29 is 32.3 Å². The maximum absolute atomic E-state index is 12.7. The third-order valence-electron chi connectivity index (χ3n) is 4.82. The summed E-state index contributed by atoms with van der Waals surface area (Å²) in [7, 11) is -2.36. The summed E-state index contributed by atoms with van der Waals surface area (Å²) in [6.07, 6.45) is 0.618. The zero-order valence-electron chi connectivity index (χ0n) is 16.8. The Labute approximate surface area is 184 Å². The van der Waals surface area contributed by atoms with Gasteiger partial charge in [0, 0.05) is 13.1 Å². The number of hydrogen-bond donors (Lipinski definition) is 1. The number of anilines is 1. The molecule has 0 aliphatic carbocycles. The number of ether oxygens (including phenoxy) is 2. The molecule has 1 amide bonds. The lowest BCUT2D eigenvalue weighted by molar-refractivity contribution is -0.152. The third kappa shape index (κ3) is 5.49. The van der Waals surface area contributed by atoms with Gasteiger partial charge in [-0.2, -0.15) is 4.31 Å². The summed E-state index contributed by atoms with van der Waals surface area (Å²) >= 11 is 1.12. The molecule has 1 aromatic carbocycles. The van der Waals surface area contributed by atoms with Gasteiger partial charge in [-0.15, -0.1) is 11.3 Å². The summed E-state index contributed by atoms with van der Waals surface area (Å²) in [5.41, 5.74) is 0.289. The predicted molar refractivity (Wildman–Crippen MR) is 113 cm³/mol. The molecule has 2 heterocycles. The molecule has 2 aromatic rings. The van der Waals surface area contributed by atoms with Crippen LogP contribution < -0.4 is 5.32 Å². The number of esters is 2. The highest BCUT2D eigenvalue weighted by atomic mass is 32.2. The Balaban J connectivity index is 1.48. The molecule has 1 aliphatic rings. The maximum atomic E-state index is 12.7. The van der Waals surface area contributed by atoms with Gasteiger partial charge in [-0.1, -0.05) is 18.2 Å². The molecule has 0 spiro atoms. The van der Waals surface area contributed by atoms with Crippen LogP contribution in [-0.2, 0) is 29.1 Å². The minimum Gasteiger partial charge on any atom is -0.465 e. The molecule has 9 nitrogen and oxygen atoms in total. The fraction of sp³-hybridized carbons (Fsp3) is 0.350. The number of carbonyl (C=O) groups is 3. The highest BCUT2D eigenvalue weighted by Gasteiger charge is 2.33. The number of nitrogens with zero attached hydrogens (tertiary/aromatic N) is 1.